The number of rotatable bonds is 3. The summed E-state index contributed by atoms with van der Waals surface area (Å²) in [4.78, 5) is 12.1. The van der Waals surface area contributed by atoms with E-state index in [9.17, 15) is 4.79 Å². The first-order valence-corrected chi connectivity index (χ1v) is 6.82. The van der Waals surface area contributed by atoms with E-state index < -0.39 is 0 Å². The number of nitrogens with zero attached hydrogens (tertiary/aromatic N) is 1. The number of nitrogens with one attached hydrogen (secondary N) is 1. The highest BCUT2D eigenvalue weighted by atomic mass is 16.1. The minimum atomic E-state index is 0.0113. The van der Waals surface area contributed by atoms with Gasteiger partial charge in [0.15, 0.2) is 0 Å². The topological polar surface area (TPSA) is 34.0 Å². The molecule has 0 spiro atoms. The van der Waals surface area contributed by atoms with Gasteiger partial charge in [0.1, 0.15) is 0 Å². The maximum absolute atomic E-state index is 12.1. The van der Waals surface area contributed by atoms with Crippen LogP contribution in [0, 0.1) is 13.8 Å². The van der Waals surface area contributed by atoms with E-state index in [2.05, 4.69) is 37.7 Å². The van der Waals surface area contributed by atoms with Gasteiger partial charge in [0.05, 0.1) is 0 Å². The zero-order valence-electron chi connectivity index (χ0n) is 12.4. The second-order valence-corrected chi connectivity index (χ2v) is 5.28. The molecule has 0 fully saturated rings. The SMILES string of the molecule is CC[C@@H](C)NC(=O)c1ccc2c(c1)c(C)c(C)n2C. The van der Waals surface area contributed by atoms with Crippen LogP contribution in [0.4, 0.5) is 0 Å². The van der Waals surface area contributed by atoms with Crippen molar-refractivity contribution >= 4 is 16.8 Å². The Kier molecular flexibility index (Phi) is 3.65. The lowest BCUT2D eigenvalue weighted by molar-refractivity contribution is 0.0939. The molecule has 0 radical (unpaired) electrons. The molecule has 102 valence electrons. The summed E-state index contributed by atoms with van der Waals surface area (Å²) in [6.45, 7) is 8.30. The van der Waals surface area contributed by atoms with Gasteiger partial charge in [-0.05, 0) is 51.0 Å². The molecule has 0 aliphatic rings. The molecule has 0 aliphatic heterocycles. The minimum Gasteiger partial charge on any atom is -0.350 e. The Morgan fingerprint density at radius 3 is 2.68 bits per heavy atom. The normalized spacial score (nSPS) is 12.7. The van der Waals surface area contributed by atoms with Crippen molar-refractivity contribution in [2.75, 3.05) is 0 Å². The summed E-state index contributed by atoms with van der Waals surface area (Å²) in [5.74, 6) is 0.0113. The van der Waals surface area contributed by atoms with Gasteiger partial charge >= 0.3 is 0 Å². The molecule has 2 aromatic rings. The molecule has 0 saturated heterocycles. The van der Waals surface area contributed by atoms with E-state index in [0.717, 1.165) is 17.4 Å². The Hall–Kier alpha value is -1.77. The lowest BCUT2D eigenvalue weighted by Gasteiger charge is -2.11. The molecule has 0 aliphatic carbocycles. The number of carbonyl (C=O) groups is 1. The third-order valence-electron chi connectivity index (χ3n) is 4.06. The van der Waals surface area contributed by atoms with E-state index in [1.54, 1.807) is 0 Å². The maximum Gasteiger partial charge on any atom is 0.251 e. The van der Waals surface area contributed by atoms with Gasteiger partial charge in [0.25, 0.3) is 5.91 Å². The molecule has 2 rings (SSSR count). The highest BCUT2D eigenvalue weighted by Gasteiger charge is 2.13. The Morgan fingerprint density at radius 2 is 2.05 bits per heavy atom. The van der Waals surface area contributed by atoms with Crippen LogP contribution < -0.4 is 5.32 Å². The Labute approximate surface area is 114 Å². The van der Waals surface area contributed by atoms with Crippen LogP contribution in [0.5, 0.6) is 0 Å². The van der Waals surface area contributed by atoms with Crippen LogP contribution in [0.2, 0.25) is 0 Å². The fourth-order valence-electron chi connectivity index (χ4n) is 2.31. The summed E-state index contributed by atoms with van der Waals surface area (Å²) < 4.78 is 2.17. The van der Waals surface area contributed by atoms with Crippen molar-refractivity contribution in [2.24, 2.45) is 7.05 Å². The molecule has 19 heavy (non-hydrogen) atoms. The monoisotopic (exact) mass is 258 g/mol. The van der Waals surface area contributed by atoms with Gasteiger partial charge in [-0.25, -0.2) is 0 Å². The average Bonchev–Trinajstić information content (AvgIpc) is 2.63. The third-order valence-corrected chi connectivity index (χ3v) is 4.06. The van der Waals surface area contributed by atoms with E-state index in [4.69, 9.17) is 0 Å². The van der Waals surface area contributed by atoms with Crippen molar-refractivity contribution in [1.29, 1.82) is 0 Å². The molecular formula is C16H22N2O. The van der Waals surface area contributed by atoms with Crippen molar-refractivity contribution in [3.63, 3.8) is 0 Å². The van der Waals surface area contributed by atoms with E-state index in [0.29, 0.717) is 0 Å². The van der Waals surface area contributed by atoms with Crippen molar-refractivity contribution in [2.45, 2.75) is 40.2 Å². The molecule has 0 unspecified atom stereocenters. The van der Waals surface area contributed by atoms with E-state index >= 15 is 0 Å². The van der Waals surface area contributed by atoms with Gasteiger partial charge in [-0.15, -0.1) is 0 Å². The van der Waals surface area contributed by atoms with Gasteiger partial charge in [0, 0.05) is 35.2 Å². The van der Waals surface area contributed by atoms with E-state index in [1.165, 1.54) is 16.8 Å². The highest BCUT2D eigenvalue weighted by molar-refractivity contribution is 5.99. The second kappa shape index (κ2) is 5.08. The van der Waals surface area contributed by atoms with Crippen LogP contribution in [0.3, 0.4) is 0 Å². The summed E-state index contributed by atoms with van der Waals surface area (Å²) in [6, 6.07) is 6.14. The van der Waals surface area contributed by atoms with Gasteiger partial charge in [0.2, 0.25) is 0 Å². The number of carbonyl (C=O) groups excluding carboxylic acids is 1. The number of fused-ring (bicyclic) bond motifs is 1. The van der Waals surface area contributed by atoms with E-state index in [1.807, 2.05) is 25.1 Å². The number of hydrogen-bond acceptors (Lipinski definition) is 1. The molecule has 1 aromatic heterocycles. The van der Waals surface area contributed by atoms with Crippen LogP contribution in [-0.4, -0.2) is 16.5 Å². The fraction of sp³-hybridized carbons (Fsp3) is 0.438. The smallest absolute Gasteiger partial charge is 0.251 e. The number of benzene rings is 1. The van der Waals surface area contributed by atoms with Crippen molar-refractivity contribution in [3.8, 4) is 0 Å². The lowest BCUT2D eigenvalue weighted by Crippen LogP contribution is -2.31. The number of amides is 1. The zero-order chi connectivity index (χ0) is 14.2. The molecule has 1 aromatic carbocycles. The maximum atomic E-state index is 12.1. The van der Waals surface area contributed by atoms with Gasteiger partial charge < -0.3 is 9.88 Å². The molecule has 3 heteroatoms. The summed E-state index contributed by atoms with van der Waals surface area (Å²) >= 11 is 0. The van der Waals surface area contributed by atoms with Crippen molar-refractivity contribution in [1.82, 2.24) is 9.88 Å². The predicted molar refractivity (Wildman–Crippen MR) is 79.6 cm³/mol. The summed E-state index contributed by atoms with van der Waals surface area (Å²) in [7, 11) is 2.06. The van der Waals surface area contributed by atoms with Crippen LogP contribution in [0.15, 0.2) is 18.2 Å². The summed E-state index contributed by atoms with van der Waals surface area (Å²) in [5, 5.41) is 4.17. The molecule has 0 saturated carbocycles. The fourth-order valence-corrected chi connectivity index (χ4v) is 2.31. The van der Waals surface area contributed by atoms with E-state index in [-0.39, 0.29) is 11.9 Å². The predicted octanol–water partition coefficient (Wildman–Crippen LogP) is 3.32. The highest BCUT2D eigenvalue weighted by Crippen LogP contribution is 2.25. The zero-order valence-corrected chi connectivity index (χ0v) is 12.4. The summed E-state index contributed by atoms with van der Waals surface area (Å²) in [5.41, 5.74) is 4.40. The molecule has 1 N–H and O–H groups in total. The lowest BCUT2D eigenvalue weighted by atomic mass is 10.1. The first kappa shape index (κ1) is 13.7. The Balaban J connectivity index is 2.42. The van der Waals surface area contributed by atoms with Crippen LogP contribution in [0.25, 0.3) is 10.9 Å². The molecule has 1 amide bonds. The Morgan fingerprint density at radius 1 is 1.37 bits per heavy atom. The van der Waals surface area contributed by atoms with Crippen molar-refractivity contribution < 1.29 is 4.79 Å². The first-order valence-electron chi connectivity index (χ1n) is 6.82. The average molecular weight is 258 g/mol. The van der Waals surface area contributed by atoms with Crippen molar-refractivity contribution in [3.05, 3.63) is 35.0 Å². The Bertz CT molecular complexity index is 625. The number of aryl methyl sites for hydroxylation is 2. The molecular weight excluding hydrogens is 236 g/mol. The first-order chi connectivity index (χ1) is 8.95. The van der Waals surface area contributed by atoms with Gasteiger partial charge in [-0.2, -0.15) is 0 Å². The molecule has 1 atom stereocenters. The second-order valence-electron chi connectivity index (χ2n) is 5.28. The standard InChI is InChI=1S/C16H22N2O/c1-6-10(2)17-16(19)13-7-8-15-14(9-13)11(3)12(4)18(15)5/h7-10H,6H2,1-5H3,(H,17,19)/t10-/m1/s1. The molecule has 0 bridgehead atoms. The largest absolute Gasteiger partial charge is 0.350 e. The van der Waals surface area contributed by atoms with Crippen LogP contribution >= 0.6 is 0 Å². The van der Waals surface area contributed by atoms with Crippen LogP contribution in [-0.2, 0) is 7.05 Å². The third kappa shape index (κ3) is 2.37. The number of aromatic nitrogens is 1. The van der Waals surface area contributed by atoms with Gasteiger partial charge in [-0.3, -0.25) is 4.79 Å². The number of hydrogen-bond donors (Lipinski definition) is 1. The van der Waals surface area contributed by atoms with Crippen LogP contribution in [0.1, 0.15) is 41.9 Å². The molecule has 3 nitrogen and oxygen atoms in total. The molecule has 1 heterocycles. The van der Waals surface area contributed by atoms with Gasteiger partial charge in [-0.1, -0.05) is 6.92 Å². The summed E-state index contributed by atoms with van der Waals surface area (Å²) in [6.07, 6.45) is 0.942. The minimum absolute atomic E-state index is 0.0113. The quantitative estimate of drug-likeness (QED) is 0.900.